The highest BCUT2D eigenvalue weighted by Gasteiger charge is 2.05. The number of ether oxygens (including phenoxy) is 1. The van der Waals surface area contributed by atoms with E-state index in [1.807, 2.05) is 43.3 Å². The van der Waals surface area contributed by atoms with Gasteiger partial charge in [0.05, 0.1) is 13.0 Å². The zero-order valence-electron chi connectivity index (χ0n) is 13.6. The van der Waals surface area contributed by atoms with Crippen LogP contribution in [-0.2, 0) is 22.4 Å². The number of rotatable bonds is 8. The number of anilines is 1. The molecule has 0 aromatic heterocycles. The van der Waals surface area contributed by atoms with Crippen molar-refractivity contribution in [2.24, 2.45) is 0 Å². The molecule has 0 unspecified atom stereocenters. The quantitative estimate of drug-likeness (QED) is 0.780. The van der Waals surface area contributed by atoms with Gasteiger partial charge in [0, 0.05) is 12.1 Å². The van der Waals surface area contributed by atoms with Gasteiger partial charge in [-0.3, -0.25) is 9.59 Å². The summed E-state index contributed by atoms with van der Waals surface area (Å²) in [6.07, 6.45) is 0.867. The third-order valence-electron chi connectivity index (χ3n) is 3.46. The molecule has 0 heterocycles. The average Bonchev–Trinajstić information content (AvgIpc) is 2.56. The summed E-state index contributed by atoms with van der Waals surface area (Å²) in [5, 5.41) is 11.5. The Morgan fingerprint density at radius 1 is 1.00 bits per heavy atom. The first-order chi connectivity index (χ1) is 11.6. The van der Waals surface area contributed by atoms with Crippen molar-refractivity contribution in [3.63, 3.8) is 0 Å². The molecule has 5 nitrogen and oxygen atoms in total. The van der Waals surface area contributed by atoms with E-state index in [0.717, 1.165) is 16.9 Å². The number of nitrogens with one attached hydrogen (secondary N) is 1. The van der Waals surface area contributed by atoms with Crippen LogP contribution < -0.4 is 10.1 Å². The van der Waals surface area contributed by atoms with E-state index < -0.39 is 5.97 Å². The highest BCUT2D eigenvalue weighted by atomic mass is 16.5. The van der Waals surface area contributed by atoms with Gasteiger partial charge in [-0.1, -0.05) is 24.3 Å². The van der Waals surface area contributed by atoms with E-state index in [2.05, 4.69) is 5.32 Å². The molecule has 2 N–H and O–H groups in total. The second-order valence-electron chi connectivity index (χ2n) is 5.39. The average molecular weight is 327 g/mol. The molecule has 24 heavy (non-hydrogen) atoms. The summed E-state index contributed by atoms with van der Waals surface area (Å²) < 4.78 is 5.37. The van der Waals surface area contributed by atoms with Gasteiger partial charge >= 0.3 is 5.97 Å². The van der Waals surface area contributed by atoms with E-state index in [9.17, 15) is 9.59 Å². The highest BCUT2D eigenvalue weighted by Crippen LogP contribution is 2.14. The van der Waals surface area contributed by atoms with Crippen LogP contribution in [0.1, 0.15) is 24.5 Å². The minimum atomic E-state index is -0.817. The molecule has 2 rings (SSSR count). The van der Waals surface area contributed by atoms with Gasteiger partial charge in [0.15, 0.2) is 0 Å². The number of amides is 1. The molecule has 0 aliphatic heterocycles. The highest BCUT2D eigenvalue weighted by molar-refractivity contribution is 5.92. The number of benzene rings is 2. The second kappa shape index (κ2) is 8.72. The molecule has 0 saturated carbocycles. The van der Waals surface area contributed by atoms with Crippen LogP contribution in [0.4, 0.5) is 5.69 Å². The zero-order valence-corrected chi connectivity index (χ0v) is 13.6. The summed E-state index contributed by atoms with van der Waals surface area (Å²) in [5.41, 5.74) is 2.54. The third kappa shape index (κ3) is 5.76. The maximum Gasteiger partial charge on any atom is 0.303 e. The Morgan fingerprint density at radius 3 is 2.21 bits per heavy atom. The molecule has 2 aromatic rings. The molecular weight excluding hydrogens is 306 g/mol. The topological polar surface area (TPSA) is 75.6 Å². The smallest absolute Gasteiger partial charge is 0.303 e. The summed E-state index contributed by atoms with van der Waals surface area (Å²) in [6, 6.07) is 14.7. The van der Waals surface area contributed by atoms with Crippen LogP contribution in [-0.4, -0.2) is 23.6 Å². The largest absolute Gasteiger partial charge is 0.494 e. The van der Waals surface area contributed by atoms with E-state index in [-0.39, 0.29) is 18.7 Å². The van der Waals surface area contributed by atoms with Gasteiger partial charge in [0.1, 0.15) is 5.75 Å². The lowest BCUT2D eigenvalue weighted by molar-refractivity contribution is -0.137. The number of aryl methyl sites for hydroxylation is 1. The minimum absolute atomic E-state index is 0.0996. The zero-order chi connectivity index (χ0) is 17.4. The van der Waals surface area contributed by atoms with Crippen molar-refractivity contribution in [1.29, 1.82) is 0 Å². The molecule has 126 valence electrons. The Labute approximate surface area is 141 Å². The number of aliphatic carboxylic acids is 1. The Kier molecular flexibility index (Phi) is 6.37. The van der Waals surface area contributed by atoms with Crippen LogP contribution in [0.5, 0.6) is 5.75 Å². The van der Waals surface area contributed by atoms with Gasteiger partial charge in [-0.05, 0) is 48.7 Å². The number of carbonyl (C=O) groups excluding carboxylic acids is 1. The van der Waals surface area contributed by atoms with E-state index >= 15 is 0 Å². The van der Waals surface area contributed by atoms with Crippen molar-refractivity contribution in [3.8, 4) is 5.75 Å². The molecule has 0 aliphatic carbocycles. The molecule has 5 heteroatoms. The van der Waals surface area contributed by atoms with Crippen LogP contribution >= 0.6 is 0 Å². The first-order valence-corrected chi connectivity index (χ1v) is 7.89. The number of hydrogen-bond acceptors (Lipinski definition) is 3. The van der Waals surface area contributed by atoms with Crippen LogP contribution in [0.25, 0.3) is 0 Å². The minimum Gasteiger partial charge on any atom is -0.494 e. The number of carboxylic acid groups (broad SMARTS) is 1. The van der Waals surface area contributed by atoms with Crippen molar-refractivity contribution >= 4 is 17.6 Å². The summed E-state index contributed by atoms with van der Waals surface area (Å²) in [5.74, 6) is -0.126. The third-order valence-corrected chi connectivity index (χ3v) is 3.46. The molecule has 0 aliphatic rings. The second-order valence-corrected chi connectivity index (χ2v) is 5.39. The predicted octanol–water partition coefficient (Wildman–Crippen LogP) is 3.28. The number of carboxylic acids is 1. The van der Waals surface area contributed by atoms with Gasteiger partial charge < -0.3 is 15.2 Å². The first-order valence-electron chi connectivity index (χ1n) is 7.89. The van der Waals surface area contributed by atoms with Crippen molar-refractivity contribution in [2.75, 3.05) is 11.9 Å². The Balaban J connectivity index is 1.86. The SMILES string of the molecule is CCOc1ccc(CC(=O)Nc2ccc(CCC(=O)O)cc2)cc1. The normalized spacial score (nSPS) is 10.2. The monoisotopic (exact) mass is 327 g/mol. The number of carbonyl (C=O) groups is 2. The fourth-order valence-corrected chi connectivity index (χ4v) is 2.27. The molecule has 0 saturated heterocycles. The van der Waals surface area contributed by atoms with Crippen LogP contribution in [0.15, 0.2) is 48.5 Å². The lowest BCUT2D eigenvalue weighted by Crippen LogP contribution is -2.14. The fraction of sp³-hybridized carbons (Fsp3) is 0.263. The number of hydrogen-bond donors (Lipinski definition) is 2. The standard InChI is InChI=1S/C19H21NO4/c1-2-24-17-10-5-15(6-11-17)13-18(21)20-16-8-3-14(4-9-16)7-12-19(22)23/h3-6,8-11H,2,7,12-13H2,1H3,(H,20,21)(H,22,23). The molecule has 0 bridgehead atoms. The van der Waals surface area contributed by atoms with Gasteiger partial charge in [-0.25, -0.2) is 0 Å². The maximum atomic E-state index is 12.1. The van der Waals surface area contributed by atoms with Crippen LogP contribution in [0.3, 0.4) is 0 Å². The molecule has 1 amide bonds. The maximum absolute atomic E-state index is 12.1. The Hall–Kier alpha value is -2.82. The van der Waals surface area contributed by atoms with Gasteiger partial charge in [0.25, 0.3) is 0 Å². The summed E-state index contributed by atoms with van der Waals surface area (Å²) in [4.78, 5) is 22.6. The van der Waals surface area contributed by atoms with Crippen LogP contribution in [0, 0.1) is 0 Å². The summed E-state index contributed by atoms with van der Waals surface area (Å²) >= 11 is 0. The Morgan fingerprint density at radius 2 is 1.62 bits per heavy atom. The van der Waals surface area contributed by atoms with Gasteiger partial charge in [0.2, 0.25) is 5.91 Å². The lowest BCUT2D eigenvalue weighted by atomic mass is 10.1. The van der Waals surface area contributed by atoms with Crippen molar-refractivity contribution in [3.05, 3.63) is 59.7 Å². The summed E-state index contributed by atoms with van der Waals surface area (Å²) in [7, 11) is 0. The van der Waals surface area contributed by atoms with Crippen molar-refractivity contribution in [1.82, 2.24) is 0 Å². The molecule has 0 fully saturated rings. The van der Waals surface area contributed by atoms with Gasteiger partial charge in [-0.2, -0.15) is 0 Å². The van der Waals surface area contributed by atoms with Crippen LogP contribution in [0.2, 0.25) is 0 Å². The molecule has 0 radical (unpaired) electrons. The molecule has 0 spiro atoms. The summed E-state index contributed by atoms with van der Waals surface area (Å²) in [6.45, 7) is 2.54. The van der Waals surface area contributed by atoms with E-state index in [0.29, 0.717) is 18.7 Å². The predicted molar refractivity (Wildman–Crippen MR) is 92.3 cm³/mol. The molecule has 2 aromatic carbocycles. The van der Waals surface area contributed by atoms with Gasteiger partial charge in [-0.15, -0.1) is 0 Å². The van der Waals surface area contributed by atoms with Crippen molar-refractivity contribution < 1.29 is 19.4 Å². The Bertz CT molecular complexity index is 678. The first kappa shape index (κ1) is 17.5. The lowest BCUT2D eigenvalue weighted by Gasteiger charge is -2.07. The van der Waals surface area contributed by atoms with Crippen molar-refractivity contribution in [2.45, 2.75) is 26.2 Å². The van der Waals surface area contributed by atoms with E-state index in [1.54, 1.807) is 12.1 Å². The molecule has 0 atom stereocenters. The van der Waals surface area contributed by atoms with E-state index in [4.69, 9.17) is 9.84 Å². The fourth-order valence-electron chi connectivity index (χ4n) is 2.27. The molecular formula is C19H21NO4. The van der Waals surface area contributed by atoms with E-state index in [1.165, 1.54) is 0 Å².